The lowest BCUT2D eigenvalue weighted by Crippen LogP contribution is -2.17. The lowest BCUT2D eigenvalue weighted by Gasteiger charge is -2.13. The molecule has 8 heteroatoms. The normalized spacial score (nSPS) is 11.5. The van der Waals surface area contributed by atoms with Crippen molar-refractivity contribution in [3.63, 3.8) is 0 Å². The average Bonchev–Trinajstić information content (AvgIpc) is 2.69. The molecule has 1 unspecified atom stereocenters. The summed E-state index contributed by atoms with van der Waals surface area (Å²) in [6, 6.07) is 10.5. The molecule has 7 nitrogen and oxygen atoms in total. The van der Waals surface area contributed by atoms with Gasteiger partial charge in [0.25, 0.3) is 5.91 Å². The van der Waals surface area contributed by atoms with E-state index in [1.54, 1.807) is 44.4 Å². The number of pyridine rings is 1. The second-order valence-corrected chi connectivity index (χ2v) is 6.84. The van der Waals surface area contributed by atoms with Gasteiger partial charge in [-0.3, -0.25) is 9.59 Å². The van der Waals surface area contributed by atoms with E-state index in [2.05, 4.69) is 10.3 Å². The Morgan fingerprint density at radius 3 is 2.59 bits per heavy atom. The maximum atomic E-state index is 12.6. The van der Waals surface area contributed by atoms with E-state index >= 15 is 0 Å². The molecule has 1 atom stereocenters. The summed E-state index contributed by atoms with van der Waals surface area (Å²) in [4.78, 5) is 29.1. The van der Waals surface area contributed by atoms with Crippen LogP contribution in [0.15, 0.2) is 47.5 Å². The Kier molecular flexibility index (Phi) is 8.09. The predicted molar refractivity (Wildman–Crippen MR) is 103 cm³/mol. The van der Waals surface area contributed by atoms with Gasteiger partial charge in [0.15, 0.2) is 0 Å². The van der Waals surface area contributed by atoms with E-state index in [-0.39, 0.29) is 11.9 Å². The van der Waals surface area contributed by atoms with Gasteiger partial charge in [0.05, 0.1) is 31.2 Å². The van der Waals surface area contributed by atoms with Crippen LogP contribution in [0.3, 0.4) is 0 Å². The van der Waals surface area contributed by atoms with Gasteiger partial charge in [0.1, 0.15) is 11.9 Å². The van der Waals surface area contributed by atoms with Crippen LogP contribution in [0.5, 0.6) is 5.88 Å². The number of carbonyl (C=O) groups is 2. The van der Waals surface area contributed by atoms with Crippen LogP contribution in [-0.2, 0) is 14.3 Å². The molecule has 1 heterocycles. The predicted octanol–water partition coefficient (Wildman–Crippen LogP) is 3.01. The fourth-order valence-corrected chi connectivity index (χ4v) is 3.15. The van der Waals surface area contributed by atoms with Crippen LogP contribution in [0, 0.1) is 0 Å². The highest BCUT2D eigenvalue weighted by molar-refractivity contribution is 8.00. The Labute approximate surface area is 162 Å². The molecule has 0 aliphatic carbocycles. The number of hydrogen-bond donors (Lipinski definition) is 1. The minimum atomic E-state index is -0.422. The Bertz CT molecular complexity index is 767. The summed E-state index contributed by atoms with van der Waals surface area (Å²) >= 11 is 1.27. The standard InChI is InChI=1S/C19H22N2O5S/c1-13(19(23)25-3)27-16-7-5-4-6-15(16)18(22)21-14-8-9-17(20-12-14)26-11-10-24-2/h4-9,12-13H,10-11H2,1-3H3,(H,21,22). The molecule has 1 amide bonds. The molecule has 0 spiro atoms. The molecule has 0 saturated heterocycles. The third kappa shape index (κ3) is 6.26. The largest absolute Gasteiger partial charge is 0.475 e. The van der Waals surface area contributed by atoms with E-state index in [0.29, 0.717) is 35.2 Å². The van der Waals surface area contributed by atoms with Crippen molar-refractivity contribution in [2.45, 2.75) is 17.1 Å². The van der Waals surface area contributed by atoms with Gasteiger partial charge >= 0.3 is 5.97 Å². The molecule has 2 aromatic rings. The van der Waals surface area contributed by atoms with Gasteiger partial charge in [-0.05, 0) is 25.1 Å². The number of ether oxygens (including phenoxy) is 3. The summed E-state index contributed by atoms with van der Waals surface area (Å²) in [5.74, 6) is -0.179. The summed E-state index contributed by atoms with van der Waals surface area (Å²) in [7, 11) is 2.94. The van der Waals surface area contributed by atoms with Crippen molar-refractivity contribution in [2.24, 2.45) is 0 Å². The van der Waals surface area contributed by atoms with Gasteiger partial charge in [-0.1, -0.05) is 12.1 Å². The molecule has 0 fully saturated rings. The molecule has 144 valence electrons. The second kappa shape index (κ2) is 10.5. The minimum absolute atomic E-state index is 0.287. The van der Waals surface area contributed by atoms with Crippen LogP contribution in [0.4, 0.5) is 5.69 Å². The number of benzene rings is 1. The quantitative estimate of drug-likeness (QED) is 0.400. The second-order valence-electron chi connectivity index (χ2n) is 5.46. The summed E-state index contributed by atoms with van der Waals surface area (Å²) in [6.07, 6.45) is 1.52. The molecule has 0 bridgehead atoms. The van der Waals surface area contributed by atoms with Gasteiger partial charge in [-0.25, -0.2) is 4.98 Å². The number of anilines is 1. The lowest BCUT2D eigenvalue weighted by molar-refractivity contribution is -0.139. The van der Waals surface area contributed by atoms with Crippen molar-refractivity contribution in [1.29, 1.82) is 0 Å². The third-order valence-corrected chi connectivity index (χ3v) is 4.66. The van der Waals surface area contributed by atoms with E-state index in [1.165, 1.54) is 25.1 Å². The van der Waals surface area contributed by atoms with Crippen LogP contribution in [0.25, 0.3) is 0 Å². The smallest absolute Gasteiger partial charge is 0.318 e. The summed E-state index contributed by atoms with van der Waals surface area (Å²) in [5.41, 5.74) is 1.01. The van der Waals surface area contributed by atoms with Crippen molar-refractivity contribution in [3.05, 3.63) is 48.2 Å². The highest BCUT2D eigenvalue weighted by atomic mass is 32.2. The Hall–Kier alpha value is -2.58. The van der Waals surface area contributed by atoms with Crippen molar-refractivity contribution in [2.75, 3.05) is 32.8 Å². The van der Waals surface area contributed by atoms with Crippen molar-refractivity contribution in [1.82, 2.24) is 4.98 Å². The van der Waals surface area contributed by atoms with Crippen LogP contribution in [-0.4, -0.2) is 49.5 Å². The van der Waals surface area contributed by atoms with E-state index < -0.39 is 5.25 Å². The molecule has 1 aromatic heterocycles. The maximum absolute atomic E-state index is 12.6. The van der Waals surface area contributed by atoms with Gasteiger partial charge in [-0.2, -0.15) is 0 Å². The molecule has 27 heavy (non-hydrogen) atoms. The third-order valence-electron chi connectivity index (χ3n) is 3.50. The summed E-state index contributed by atoms with van der Waals surface area (Å²) < 4.78 is 15.0. The number of esters is 1. The zero-order valence-electron chi connectivity index (χ0n) is 15.4. The Morgan fingerprint density at radius 2 is 1.93 bits per heavy atom. The van der Waals surface area contributed by atoms with Crippen LogP contribution in [0.2, 0.25) is 0 Å². The average molecular weight is 390 g/mol. The van der Waals surface area contributed by atoms with Crippen LogP contribution >= 0.6 is 11.8 Å². The number of methoxy groups -OCH3 is 2. The highest BCUT2D eigenvalue weighted by Gasteiger charge is 2.19. The van der Waals surface area contributed by atoms with Gasteiger partial charge in [0, 0.05) is 18.1 Å². The molecule has 0 aliphatic rings. The fourth-order valence-electron chi connectivity index (χ4n) is 2.13. The topological polar surface area (TPSA) is 86.8 Å². The molecule has 1 N–H and O–H groups in total. The molecular weight excluding hydrogens is 368 g/mol. The molecule has 0 aliphatic heterocycles. The summed E-state index contributed by atoms with van der Waals surface area (Å²) in [6.45, 7) is 2.61. The number of aromatic nitrogens is 1. The van der Waals surface area contributed by atoms with Gasteiger partial charge in [0.2, 0.25) is 5.88 Å². The van der Waals surface area contributed by atoms with Crippen molar-refractivity contribution in [3.8, 4) is 5.88 Å². The number of carbonyl (C=O) groups excluding carboxylic acids is 2. The molecular formula is C19H22N2O5S. The molecule has 0 saturated carbocycles. The first-order valence-corrected chi connectivity index (χ1v) is 9.15. The zero-order valence-corrected chi connectivity index (χ0v) is 16.2. The minimum Gasteiger partial charge on any atom is -0.475 e. The number of amides is 1. The number of hydrogen-bond acceptors (Lipinski definition) is 7. The number of rotatable bonds is 9. The first-order valence-electron chi connectivity index (χ1n) is 8.27. The van der Waals surface area contributed by atoms with Crippen LogP contribution in [0.1, 0.15) is 17.3 Å². The first kappa shape index (κ1) is 20.7. The van der Waals surface area contributed by atoms with Gasteiger partial charge in [-0.15, -0.1) is 11.8 Å². The number of thioether (sulfide) groups is 1. The molecule has 0 radical (unpaired) electrons. The maximum Gasteiger partial charge on any atom is 0.318 e. The summed E-state index contributed by atoms with van der Waals surface area (Å²) in [5, 5.41) is 2.38. The van der Waals surface area contributed by atoms with Gasteiger partial charge < -0.3 is 19.5 Å². The van der Waals surface area contributed by atoms with E-state index in [9.17, 15) is 9.59 Å². The molecule has 2 rings (SSSR count). The monoisotopic (exact) mass is 390 g/mol. The number of nitrogens with zero attached hydrogens (tertiary/aromatic N) is 1. The molecule has 1 aromatic carbocycles. The number of nitrogens with one attached hydrogen (secondary N) is 1. The van der Waals surface area contributed by atoms with E-state index in [1.807, 2.05) is 6.07 Å². The zero-order chi connectivity index (χ0) is 19.6. The Morgan fingerprint density at radius 1 is 1.15 bits per heavy atom. The Balaban J connectivity index is 2.04. The van der Waals surface area contributed by atoms with E-state index in [4.69, 9.17) is 14.2 Å². The highest BCUT2D eigenvalue weighted by Crippen LogP contribution is 2.28. The van der Waals surface area contributed by atoms with Crippen LogP contribution < -0.4 is 10.1 Å². The SMILES string of the molecule is COCCOc1ccc(NC(=O)c2ccccc2SC(C)C(=O)OC)cn1. The lowest BCUT2D eigenvalue weighted by atomic mass is 10.2. The van der Waals surface area contributed by atoms with E-state index in [0.717, 1.165) is 0 Å². The first-order chi connectivity index (χ1) is 13.0. The fraction of sp³-hybridized carbons (Fsp3) is 0.316. The van der Waals surface area contributed by atoms with Crippen molar-refractivity contribution < 1.29 is 23.8 Å². The van der Waals surface area contributed by atoms with Crippen molar-refractivity contribution >= 4 is 29.3 Å².